The first-order chi connectivity index (χ1) is 14.5. The van der Waals surface area contributed by atoms with Crippen LogP contribution in [0.5, 0.6) is 5.75 Å². The second kappa shape index (κ2) is 8.16. The van der Waals surface area contributed by atoms with Crippen LogP contribution in [-0.2, 0) is 6.54 Å². The first-order valence-electron chi connectivity index (χ1n) is 9.40. The van der Waals surface area contributed by atoms with Crippen LogP contribution < -0.4 is 15.6 Å². The third-order valence-electron chi connectivity index (χ3n) is 4.82. The van der Waals surface area contributed by atoms with Gasteiger partial charge in [-0.1, -0.05) is 12.1 Å². The van der Waals surface area contributed by atoms with Crippen LogP contribution >= 0.6 is 0 Å². The number of aromatic nitrogens is 3. The van der Waals surface area contributed by atoms with Crippen molar-refractivity contribution in [1.29, 1.82) is 0 Å². The number of nitrogens with one attached hydrogen (secondary N) is 1. The molecule has 4 rings (SSSR count). The summed E-state index contributed by atoms with van der Waals surface area (Å²) in [6.07, 6.45) is 4.91. The summed E-state index contributed by atoms with van der Waals surface area (Å²) < 4.78 is 6.77. The standard InChI is InChI=1S/C23H20N4O3/c1-15-19(22(28)26-17-4-3-10-24-13-17)12-20-21(25-15)9-11-27(23(20)29)14-16-5-7-18(30-2)8-6-16/h3-13H,14H2,1-2H3,(H,26,28). The van der Waals surface area contributed by atoms with Crippen LogP contribution in [0.2, 0.25) is 0 Å². The van der Waals surface area contributed by atoms with E-state index in [0.29, 0.717) is 34.4 Å². The fourth-order valence-electron chi connectivity index (χ4n) is 3.22. The molecule has 0 fully saturated rings. The van der Waals surface area contributed by atoms with Gasteiger partial charge >= 0.3 is 0 Å². The number of pyridine rings is 3. The van der Waals surface area contributed by atoms with Gasteiger partial charge in [0.15, 0.2) is 0 Å². The largest absolute Gasteiger partial charge is 0.497 e. The number of hydrogen-bond donors (Lipinski definition) is 1. The fourth-order valence-corrected chi connectivity index (χ4v) is 3.22. The van der Waals surface area contributed by atoms with Crippen molar-refractivity contribution in [1.82, 2.24) is 14.5 Å². The number of methoxy groups -OCH3 is 1. The zero-order valence-corrected chi connectivity index (χ0v) is 16.6. The topological polar surface area (TPSA) is 86.1 Å². The molecule has 30 heavy (non-hydrogen) atoms. The monoisotopic (exact) mass is 400 g/mol. The molecule has 3 heterocycles. The predicted molar refractivity (Wildman–Crippen MR) is 115 cm³/mol. The maximum Gasteiger partial charge on any atom is 0.260 e. The van der Waals surface area contributed by atoms with Crippen LogP contribution in [0.3, 0.4) is 0 Å². The van der Waals surface area contributed by atoms with E-state index in [-0.39, 0.29) is 11.5 Å². The van der Waals surface area contributed by atoms with Gasteiger partial charge in [-0.2, -0.15) is 0 Å². The summed E-state index contributed by atoms with van der Waals surface area (Å²) in [4.78, 5) is 34.2. The Morgan fingerprint density at radius 1 is 1.17 bits per heavy atom. The van der Waals surface area contributed by atoms with Gasteiger partial charge in [0.05, 0.1) is 47.7 Å². The van der Waals surface area contributed by atoms with Gasteiger partial charge in [-0.25, -0.2) is 0 Å². The zero-order chi connectivity index (χ0) is 21.1. The average molecular weight is 400 g/mol. The van der Waals surface area contributed by atoms with Gasteiger partial charge < -0.3 is 14.6 Å². The Morgan fingerprint density at radius 2 is 1.97 bits per heavy atom. The molecule has 0 bridgehead atoms. The lowest BCUT2D eigenvalue weighted by atomic mass is 10.1. The molecule has 1 aromatic carbocycles. The van der Waals surface area contributed by atoms with Crippen LogP contribution in [0.4, 0.5) is 5.69 Å². The highest BCUT2D eigenvalue weighted by molar-refractivity contribution is 6.06. The summed E-state index contributed by atoms with van der Waals surface area (Å²) in [5, 5.41) is 3.18. The van der Waals surface area contributed by atoms with Crippen LogP contribution in [0.1, 0.15) is 21.6 Å². The molecule has 0 aliphatic heterocycles. The third-order valence-corrected chi connectivity index (χ3v) is 4.82. The van der Waals surface area contributed by atoms with Gasteiger partial charge in [-0.3, -0.25) is 19.6 Å². The lowest BCUT2D eigenvalue weighted by Crippen LogP contribution is -2.22. The van der Waals surface area contributed by atoms with Gasteiger partial charge in [0.2, 0.25) is 0 Å². The summed E-state index contributed by atoms with van der Waals surface area (Å²) in [6.45, 7) is 2.16. The van der Waals surface area contributed by atoms with Crippen molar-refractivity contribution in [2.45, 2.75) is 13.5 Å². The second-order valence-corrected chi connectivity index (χ2v) is 6.85. The summed E-state index contributed by atoms with van der Waals surface area (Å²) in [7, 11) is 1.61. The van der Waals surface area contributed by atoms with E-state index in [9.17, 15) is 9.59 Å². The zero-order valence-electron chi connectivity index (χ0n) is 16.6. The Balaban J connectivity index is 1.68. The van der Waals surface area contributed by atoms with E-state index < -0.39 is 0 Å². The summed E-state index contributed by atoms with van der Waals surface area (Å²) in [6, 6.07) is 14.4. The smallest absolute Gasteiger partial charge is 0.260 e. The molecule has 1 amide bonds. The first kappa shape index (κ1) is 19.3. The van der Waals surface area contributed by atoms with E-state index in [1.807, 2.05) is 24.3 Å². The highest BCUT2D eigenvalue weighted by atomic mass is 16.5. The van der Waals surface area contributed by atoms with Crippen LogP contribution in [0.15, 0.2) is 71.9 Å². The van der Waals surface area contributed by atoms with Crippen LogP contribution in [-0.4, -0.2) is 27.6 Å². The highest BCUT2D eigenvalue weighted by Gasteiger charge is 2.14. The van der Waals surface area contributed by atoms with E-state index in [1.165, 1.54) is 0 Å². The van der Waals surface area contributed by atoms with E-state index in [1.54, 1.807) is 61.5 Å². The molecule has 0 saturated carbocycles. The van der Waals surface area contributed by atoms with Crippen molar-refractivity contribution >= 4 is 22.5 Å². The van der Waals surface area contributed by atoms with Crippen LogP contribution in [0, 0.1) is 6.92 Å². The SMILES string of the molecule is COc1ccc(Cn2ccc3nc(C)c(C(=O)Nc4cccnc4)cc3c2=O)cc1. The molecule has 0 atom stereocenters. The van der Waals surface area contributed by atoms with Crippen molar-refractivity contribution in [3.05, 3.63) is 94.3 Å². The Hall–Kier alpha value is -4.00. The van der Waals surface area contributed by atoms with Crippen molar-refractivity contribution in [3.8, 4) is 5.75 Å². The molecular formula is C23H20N4O3. The Morgan fingerprint density at radius 3 is 2.67 bits per heavy atom. The first-order valence-corrected chi connectivity index (χ1v) is 9.40. The number of hydrogen-bond acceptors (Lipinski definition) is 5. The number of ether oxygens (including phenoxy) is 1. The number of carbonyl (C=O) groups excluding carboxylic acids is 1. The fraction of sp³-hybridized carbons (Fsp3) is 0.130. The molecule has 7 nitrogen and oxygen atoms in total. The number of anilines is 1. The highest BCUT2D eigenvalue weighted by Crippen LogP contribution is 2.17. The lowest BCUT2D eigenvalue weighted by molar-refractivity contribution is 0.102. The minimum absolute atomic E-state index is 0.203. The quantitative estimate of drug-likeness (QED) is 0.555. The van der Waals surface area contributed by atoms with E-state index >= 15 is 0 Å². The lowest BCUT2D eigenvalue weighted by Gasteiger charge is -2.11. The number of carbonyl (C=O) groups is 1. The normalized spacial score (nSPS) is 10.7. The predicted octanol–water partition coefficient (Wildman–Crippen LogP) is 3.41. The molecule has 0 saturated heterocycles. The maximum absolute atomic E-state index is 13.1. The molecule has 150 valence electrons. The van der Waals surface area contributed by atoms with E-state index in [4.69, 9.17) is 4.74 Å². The maximum atomic E-state index is 13.1. The van der Waals surface area contributed by atoms with Crippen LogP contribution in [0.25, 0.3) is 10.9 Å². The number of amides is 1. The average Bonchev–Trinajstić information content (AvgIpc) is 2.76. The molecule has 3 aromatic heterocycles. The second-order valence-electron chi connectivity index (χ2n) is 6.85. The van der Waals surface area contributed by atoms with Crippen molar-refractivity contribution < 1.29 is 9.53 Å². The van der Waals surface area contributed by atoms with E-state index in [2.05, 4.69) is 15.3 Å². The molecule has 0 spiro atoms. The van der Waals surface area contributed by atoms with Crippen molar-refractivity contribution in [3.63, 3.8) is 0 Å². The summed E-state index contributed by atoms with van der Waals surface area (Å²) in [5.41, 5.74) is 2.80. The molecule has 4 aromatic rings. The number of nitrogens with zero attached hydrogens (tertiary/aromatic N) is 3. The third kappa shape index (κ3) is 3.91. The molecular weight excluding hydrogens is 380 g/mol. The van der Waals surface area contributed by atoms with E-state index in [0.717, 1.165) is 11.3 Å². The molecule has 0 aliphatic carbocycles. The summed E-state index contributed by atoms with van der Waals surface area (Å²) in [5.74, 6) is 0.424. The molecule has 0 aliphatic rings. The number of benzene rings is 1. The molecule has 0 radical (unpaired) electrons. The number of aryl methyl sites for hydroxylation is 1. The Bertz CT molecular complexity index is 1270. The molecule has 7 heteroatoms. The van der Waals surface area contributed by atoms with Gasteiger partial charge in [-0.05, 0) is 48.9 Å². The Labute approximate surface area is 173 Å². The van der Waals surface area contributed by atoms with Gasteiger partial charge in [0.25, 0.3) is 11.5 Å². The molecule has 1 N–H and O–H groups in total. The number of rotatable bonds is 5. The summed E-state index contributed by atoms with van der Waals surface area (Å²) >= 11 is 0. The van der Waals surface area contributed by atoms with Crippen molar-refractivity contribution in [2.24, 2.45) is 0 Å². The minimum Gasteiger partial charge on any atom is -0.497 e. The Kier molecular flexibility index (Phi) is 5.26. The van der Waals surface area contributed by atoms with Crippen molar-refractivity contribution in [2.75, 3.05) is 12.4 Å². The molecule has 0 unspecified atom stereocenters. The van der Waals surface area contributed by atoms with Gasteiger partial charge in [0.1, 0.15) is 5.75 Å². The minimum atomic E-state index is -0.333. The van der Waals surface area contributed by atoms with Gasteiger partial charge in [0, 0.05) is 12.4 Å². The number of fused-ring (bicyclic) bond motifs is 1. The van der Waals surface area contributed by atoms with Gasteiger partial charge in [-0.15, -0.1) is 0 Å².